The number of allylic oxidation sites excluding steroid dienone is 1. The van der Waals surface area contributed by atoms with Crippen LogP contribution in [0.4, 0.5) is 0 Å². The summed E-state index contributed by atoms with van der Waals surface area (Å²) >= 11 is 0. The van der Waals surface area contributed by atoms with E-state index in [2.05, 4.69) is 6.58 Å². The molecule has 2 aliphatic rings. The van der Waals surface area contributed by atoms with Crippen molar-refractivity contribution in [2.24, 2.45) is 5.92 Å². The topological polar surface area (TPSA) is 146 Å². The van der Waals surface area contributed by atoms with E-state index in [0.29, 0.717) is 17.0 Å². The van der Waals surface area contributed by atoms with Crippen LogP contribution in [-0.4, -0.2) is 72.7 Å². The molecule has 0 radical (unpaired) electrons. The van der Waals surface area contributed by atoms with Gasteiger partial charge in [-0.2, -0.15) is 0 Å². The van der Waals surface area contributed by atoms with Crippen LogP contribution in [0.25, 0.3) is 12.2 Å². The number of aliphatic carboxylic acids is 2. The van der Waals surface area contributed by atoms with Crippen molar-refractivity contribution < 1.29 is 48.3 Å². The predicted molar refractivity (Wildman–Crippen MR) is 209 cm³/mol. The second kappa shape index (κ2) is 25.5. The third kappa shape index (κ3) is 18.0. The van der Waals surface area contributed by atoms with Crippen molar-refractivity contribution in [1.82, 2.24) is 0 Å². The van der Waals surface area contributed by atoms with Crippen LogP contribution in [0.5, 0.6) is 0 Å². The van der Waals surface area contributed by atoms with Crippen LogP contribution < -0.4 is 0 Å². The van der Waals surface area contributed by atoms with E-state index in [0.717, 1.165) is 107 Å². The van der Waals surface area contributed by atoms with E-state index in [-0.39, 0.29) is 30.3 Å². The van der Waals surface area contributed by atoms with Crippen molar-refractivity contribution >= 4 is 36.0 Å². The molecule has 0 bridgehead atoms. The van der Waals surface area contributed by atoms with E-state index in [1.165, 1.54) is 37.8 Å². The number of methoxy groups -OCH3 is 1. The highest BCUT2D eigenvalue weighted by Gasteiger charge is 2.25. The lowest BCUT2D eigenvalue weighted by molar-refractivity contribution is -0.132. The molecule has 0 atom stereocenters. The average Bonchev–Trinajstić information content (AvgIpc) is 3.18. The molecule has 0 amide bonds. The third-order valence-corrected chi connectivity index (χ3v) is 9.71. The number of rotatable bonds is 20. The van der Waals surface area contributed by atoms with Gasteiger partial charge in [0.2, 0.25) is 0 Å². The minimum absolute atomic E-state index is 0.00208. The van der Waals surface area contributed by atoms with Gasteiger partial charge in [0.05, 0.1) is 17.2 Å². The van der Waals surface area contributed by atoms with Gasteiger partial charge in [0, 0.05) is 32.5 Å². The lowest BCUT2D eigenvalue weighted by atomic mass is 9.84. The molecular formula is C44H58O10. The fourth-order valence-electron chi connectivity index (χ4n) is 6.60. The van der Waals surface area contributed by atoms with Crippen LogP contribution in [0.15, 0.2) is 73.3 Å². The molecule has 294 valence electrons. The number of carboxylic acids is 2. The SMILES string of the molecule is C=CCCCCCCOC1CCC(OC(=O)c2ccc(/C=C/C(=O)O)cc2)CC1.COCCCC1CCC(OC(=O)c2ccc(/C=C/C(=O)O)cc2)CC1. The fourth-order valence-corrected chi connectivity index (χ4v) is 6.60. The smallest absolute Gasteiger partial charge is 0.338 e. The van der Waals surface area contributed by atoms with Crippen molar-refractivity contribution in [3.63, 3.8) is 0 Å². The molecule has 10 heteroatoms. The van der Waals surface area contributed by atoms with E-state index in [4.69, 9.17) is 29.2 Å². The Balaban J connectivity index is 0.000000294. The van der Waals surface area contributed by atoms with Crippen molar-refractivity contribution in [1.29, 1.82) is 0 Å². The summed E-state index contributed by atoms with van der Waals surface area (Å²) in [6.45, 7) is 5.36. The van der Waals surface area contributed by atoms with E-state index in [9.17, 15) is 19.2 Å². The summed E-state index contributed by atoms with van der Waals surface area (Å²) in [6.07, 6.45) is 22.9. The predicted octanol–water partition coefficient (Wildman–Crippen LogP) is 9.33. The molecule has 2 fully saturated rings. The highest BCUT2D eigenvalue weighted by atomic mass is 16.5. The van der Waals surface area contributed by atoms with Crippen LogP contribution in [-0.2, 0) is 28.5 Å². The van der Waals surface area contributed by atoms with Gasteiger partial charge in [0.15, 0.2) is 0 Å². The lowest BCUT2D eigenvalue weighted by Crippen LogP contribution is -2.28. The van der Waals surface area contributed by atoms with Crippen molar-refractivity contribution in [2.75, 3.05) is 20.3 Å². The molecule has 0 unspecified atom stereocenters. The first kappa shape index (κ1) is 43.9. The first-order valence-electron chi connectivity index (χ1n) is 19.3. The summed E-state index contributed by atoms with van der Waals surface area (Å²) in [5.74, 6) is -1.93. The van der Waals surface area contributed by atoms with E-state index in [1.54, 1.807) is 55.6 Å². The Morgan fingerprint density at radius 3 is 1.56 bits per heavy atom. The Bertz CT molecular complexity index is 1480. The van der Waals surface area contributed by atoms with Crippen LogP contribution in [0.1, 0.15) is 128 Å². The Hall–Kier alpha value is -4.54. The molecule has 2 saturated carbocycles. The molecule has 2 aromatic carbocycles. The summed E-state index contributed by atoms with van der Waals surface area (Å²) in [5.41, 5.74) is 2.43. The van der Waals surface area contributed by atoms with Gasteiger partial charge in [-0.15, -0.1) is 6.58 Å². The normalized spacial score (nSPS) is 19.8. The van der Waals surface area contributed by atoms with Gasteiger partial charge in [0.1, 0.15) is 12.2 Å². The van der Waals surface area contributed by atoms with Crippen molar-refractivity contribution in [3.8, 4) is 0 Å². The number of hydrogen-bond acceptors (Lipinski definition) is 8. The van der Waals surface area contributed by atoms with Gasteiger partial charge in [-0.3, -0.25) is 0 Å². The average molecular weight is 747 g/mol. The molecule has 2 N–H and O–H groups in total. The largest absolute Gasteiger partial charge is 0.478 e. The standard InChI is InChI=1S/C24H32O5.C20H26O5/c1-2-3-4-5-6-7-18-28-21-13-15-22(16-14-21)29-24(27)20-11-8-19(9-12-20)10-17-23(25)26;1-24-14-2-3-15-6-11-18(12-7-15)25-20(23)17-9-4-16(5-10-17)8-13-19(21)22/h2,8-12,17,21-22H,1,3-7,13-16,18H2,(H,25,26);4-5,8-10,13,15,18H,2-3,6-7,11-12,14H2,1H3,(H,21,22)/b17-10+;13-8+. The number of unbranched alkanes of at least 4 members (excludes halogenated alkanes) is 4. The van der Waals surface area contributed by atoms with E-state index >= 15 is 0 Å². The van der Waals surface area contributed by atoms with E-state index in [1.807, 2.05) is 6.08 Å². The molecule has 10 nitrogen and oxygen atoms in total. The molecule has 2 aliphatic carbocycles. The molecule has 0 spiro atoms. The van der Waals surface area contributed by atoms with Gasteiger partial charge in [-0.05, 0) is 137 Å². The quantitative estimate of drug-likeness (QED) is 0.0582. The lowest BCUT2D eigenvalue weighted by Gasteiger charge is -2.28. The number of hydrogen-bond donors (Lipinski definition) is 2. The summed E-state index contributed by atoms with van der Waals surface area (Å²) in [4.78, 5) is 45.6. The zero-order valence-electron chi connectivity index (χ0n) is 31.7. The maximum absolute atomic E-state index is 12.3. The summed E-state index contributed by atoms with van der Waals surface area (Å²) in [6, 6.07) is 13.5. The molecular weight excluding hydrogens is 688 g/mol. The zero-order valence-corrected chi connectivity index (χ0v) is 31.7. The molecule has 4 rings (SSSR count). The maximum atomic E-state index is 12.3. The Morgan fingerprint density at radius 2 is 1.09 bits per heavy atom. The number of ether oxygens (including phenoxy) is 4. The minimum Gasteiger partial charge on any atom is -0.478 e. The number of carbonyl (C=O) groups is 4. The van der Waals surface area contributed by atoms with Crippen molar-refractivity contribution in [3.05, 3.63) is 95.6 Å². The number of benzene rings is 2. The van der Waals surface area contributed by atoms with Crippen molar-refractivity contribution in [2.45, 2.75) is 115 Å². The third-order valence-electron chi connectivity index (χ3n) is 9.71. The molecule has 54 heavy (non-hydrogen) atoms. The van der Waals surface area contributed by atoms with Gasteiger partial charge < -0.3 is 29.2 Å². The molecule has 0 heterocycles. The zero-order chi connectivity index (χ0) is 39.0. The van der Waals surface area contributed by atoms with Gasteiger partial charge in [-0.25, -0.2) is 19.2 Å². The number of carbonyl (C=O) groups excluding carboxylic acids is 2. The van der Waals surface area contributed by atoms with Crippen LogP contribution in [0.3, 0.4) is 0 Å². The summed E-state index contributed by atoms with van der Waals surface area (Å²) in [7, 11) is 1.73. The van der Waals surface area contributed by atoms with Gasteiger partial charge >= 0.3 is 23.9 Å². The van der Waals surface area contributed by atoms with Gasteiger partial charge in [-0.1, -0.05) is 43.2 Å². The van der Waals surface area contributed by atoms with Gasteiger partial charge in [0.25, 0.3) is 0 Å². The highest BCUT2D eigenvalue weighted by Crippen LogP contribution is 2.30. The second-order valence-corrected chi connectivity index (χ2v) is 13.9. The number of esters is 2. The Morgan fingerprint density at radius 1 is 0.630 bits per heavy atom. The summed E-state index contributed by atoms with van der Waals surface area (Å²) < 4.78 is 22.3. The minimum atomic E-state index is -1.00. The monoisotopic (exact) mass is 746 g/mol. The Kier molecular flexibility index (Phi) is 20.7. The second-order valence-electron chi connectivity index (χ2n) is 13.9. The highest BCUT2D eigenvalue weighted by molar-refractivity contribution is 5.91. The first-order chi connectivity index (χ1) is 26.2. The first-order valence-corrected chi connectivity index (χ1v) is 19.3. The molecule has 0 aliphatic heterocycles. The van der Waals surface area contributed by atoms with Crippen LogP contribution in [0, 0.1) is 5.92 Å². The molecule has 0 aromatic heterocycles. The maximum Gasteiger partial charge on any atom is 0.338 e. The Labute approximate surface area is 320 Å². The number of carboxylic acid groups (broad SMARTS) is 2. The van der Waals surface area contributed by atoms with Crippen LogP contribution >= 0.6 is 0 Å². The molecule has 0 saturated heterocycles. The van der Waals surface area contributed by atoms with Crippen LogP contribution in [0.2, 0.25) is 0 Å². The molecule has 2 aromatic rings. The fraction of sp³-hybridized carbons (Fsp3) is 0.500. The summed E-state index contributed by atoms with van der Waals surface area (Å²) in [5, 5.41) is 17.3. The van der Waals surface area contributed by atoms with E-state index < -0.39 is 11.9 Å².